The van der Waals surface area contributed by atoms with Gasteiger partial charge in [0.1, 0.15) is 5.75 Å². The molecular formula is C16H24BrNO. The molecule has 3 heteroatoms. The largest absolute Gasteiger partial charge is 0.494 e. The van der Waals surface area contributed by atoms with Gasteiger partial charge in [0.05, 0.1) is 6.61 Å². The zero-order chi connectivity index (χ0) is 13.7. The number of halogens is 1. The number of benzene rings is 1. The third-order valence-electron chi connectivity index (χ3n) is 3.89. The molecule has 19 heavy (non-hydrogen) atoms. The fourth-order valence-corrected chi connectivity index (χ4v) is 3.01. The molecule has 1 saturated heterocycles. The van der Waals surface area contributed by atoms with E-state index in [2.05, 4.69) is 47.2 Å². The van der Waals surface area contributed by atoms with Gasteiger partial charge in [-0.25, -0.2) is 0 Å². The summed E-state index contributed by atoms with van der Waals surface area (Å²) in [6.45, 7) is 6.39. The summed E-state index contributed by atoms with van der Waals surface area (Å²) < 4.78 is 6.97. The lowest BCUT2D eigenvalue weighted by Gasteiger charge is -2.27. The summed E-state index contributed by atoms with van der Waals surface area (Å²) in [6, 6.07) is 6.87. The van der Waals surface area contributed by atoms with E-state index in [0.29, 0.717) is 6.04 Å². The van der Waals surface area contributed by atoms with E-state index in [9.17, 15) is 0 Å². The summed E-state index contributed by atoms with van der Waals surface area (Å²) in [7, 11) is 0. The standard InChI is InChI=1S/C16H24BrNO/c1-12-10-15(5-6-16(12)17)19-9-3-4-14-7-8-18-13(2)11-14/h5-6,10,13-14,18H,3-4,7-9,11H2,1-2H3/t13-,14+/m1/s1. The molecule has 0 unspecified atom stereocenters. The molecule has 0 saturated carbocycles. The second kappa shape index (κ2) is 7.30. The van der Waals surface area contributed by atoms with E-state index in [4.69, 9.17) is 4.74 Å². The lowest BCUT2D eigenvalue weighted by atomic mass is 9.89. The van der Waals surface area contributed by atoms with Crippen LogP contribution in [0.4, 0.5) is 0 Å². The smallest absolute Gasteiger partial charge is 0.119 e. The number of nitrogens with one attached hydrogen (secondary N) is 1. The van der Waals surface area contributed by atoms with Crippen molar-refractivity contribution < 1.29 is 4.74 Å². The van der Waals surface area contributed by atoms with Crippen LogP contribution in [0, 0.1) is 12.8 Å². The summed E-state index contributed by atoms with van der Waals surface area (Å²) in [5.74, 6) is 1.87. The first-order valence-electron chi connectivity index (χ1n) is 7.27. The van der Waals surface area contributed by atoms with Crippen molar-refractivity contribution in [2.75, 3.05) is 13.2 Å². The maximum atomic E-state index is 5.82. The van der Waals surface area contributed by atoms with Crippen LogP contribution in [0.25, 0.3) is 0 Å². The van der Waals surface area contributed by atoms with E-state index in [1.807, 2.05) is 6.07 Å². The van der Waals surface area contributed by atoms with Crippen LogP contribution >= 0.6 is 15.9 Å². The van der Waals surface area contributed by atoms with Gasteiger partial charge in [0.25, 0.3) is 0 Å². The first-order chi connectivity index (χ1) is 9.15. The van der Waals surface area contributed by atoms with Crippen LogP contribution in [0.1, 0.15) is 38.2 Å². The van der Waals surface area contributed by atoms with Gasteiger partial charge in [0, 0.05) is 10.5 Å². The zero-order valence-electron chi connectivity index (χ0n) is 11.9. The Morgan fingerprint density at radius 2 is 2.26 bits per heavy atom. The van der Waals surface area contributed by atoms with Crippen LogP contribution in [0.3, 0.4) is 0 Å². The molecule has 0 bridgehead atoms. The highest BCUT2D eigenvalue weighted by atomic mass is 79.9. The van der Waals surface area contributed by atoms with Crippen molar-refractivity contribution in [3.05, 3.63) is 28.2 Å². The van der Waals surface area contributed by atoms with E-state index >= 15 is 0 Å². The minimum atomic E-state index is 0.689. The Bertz CT molecular complexity index is 408. The molecule has 1 aromatic rings. The molecule has 0 radical (unpaired) electrons. The fraction of sp³-hybridized carbons (Fsp3) is 0.625. The molecule has 1 aliphatic heterocycles. The summed E-state index contributed by atoms with van der Waals surface area (Å²) in [6.07, 6.45) is 5.09. The summed E-state index contributed by atoms with van der Waals surface area (Å²) >= 11 is 3.51. The number of hydrogen-bond acceptors (Lipinski definition) is 2. The van der Waals surface area contributed by atoms with Gasteiger partial charge in [0.15, 0.2) is 0 Å². The molecule has 0 amide bonds. The second-order valence-corrected chi connectivity index (χ2v) is 6.50. The lowest BCUT2D eigenvalue weighted by Crippen LogP contribution is -2.35. The summed E-state index contributed by atoms with van der Waals surface area (Å²) in [5, 5.41) is 3.50. The van der Waals surface area contributed by atoms with Crippen molar-refractivity contribution in [1.29, 1.82) is 0 Å². The van der Waals surface area contributed by atoms with Crippen LogP contribution < -0.4 is 10.1 Å². The SMILES string of the molecule is Cc1cc(OCCC[C@H]2CCN[C@H](C)C2)ccc1Br. The molecule has 106 valence electrons. The van der Waals surface area contributed by atoms with Gasteiger partial charge < -0.3 is 10.1 Å². The number of aryl methyl sites for hydroxylation is 1. The maximum absolute atomic E-state index is 5.82. The van der Waals surface area contributed by atoms with Crippen LogP contribution in [0.2, 0.25) is 0 Å². The number of rotatable bonds is 5. The highest BCUT2D eigenvalue weighted by Gasteiger charge is 2.17. The molecule has 0 aromatic heterocycles. The average Bonchev–Trinajstić information content (AvgIpc) is 2.39. The molecular weight excluding hydrogens is 302 g/mol. The Morgan fingerprint density at radius 3 is 3.00 bits per heavy atom. The van der Waals surface area contributed by atoms with Gasteiger partial charge in [-0.15, -0.1) is 0 Å². The molecule has 1 N–H and O–H groups in total. The van der Waals surface area contributed by atoms with Crippen molar-refractivity contribution in [2.45, 2.75) is 45.6 Å². The number of hydrogen-bond donors (Lipinski definition) is 1. The van der Waals surface area contributed by atoms with Crippen molar-refractivity contribution in [2.24, 2.45) is 5.92 Å². The molecule has 0 spiro atoms. The normalized spacial score (nSPS) is 23.3. The Labute approximate surface area is 125 Å². The maximum Gasteiger partial charge on any atom is 0.119 e. The fourth-order valence-electron chi connectivity index (χ4n) is 2.77. The van der Waals surface area contributed by atoms with Gasteiger partial charge in [-0.3, -0.25) is 0 Å². The van der Waals surface area contributed by atoms with E-state index in [1.165, 1.54) is 31.4 Å². The highest BCUT2D eigenvalue weighted by molar-refractivity contribution is 9.10. The average molecular weight is 326 g/mol. The monoisotopic (exact) mass is 325 g/mol. The van der Waals surface area contributed by atoms with Gasteiger partial charge in [-0.05, 0) is 75.8 Å². The number of piperidine rings is 1. The van der Waals surface area contributed by atoms with Crippen LogP contribution in [0.15, 0.2) is 22.7 Å². The van der Waals surface area contributed by atoms with Gasteiger partial charge in [0.2, 0.25) is 0 Å². The van der Waals surface area contributed by atoms with E-state index in [-0.39, 0.29) is 0 Å². The quantitative estimate of drug-likeness (QED) is 0.815. The molecule has 0 aliphatic carbocycles. The predicted molar refractivity (Wildman–Crippen MR) is 83.8 cm³/mol. The third-order valence-corrected chi connectivity index (χ3v) is 4.78. The first-order valence-corrected chi connectivity index (χ1v) is 8.07. The molecule has 2 rings (SSSR count). The van der Waals surface area contributed by atoms with E-state index in [1.54, 1.807) is 0 Å². The number of ether oxygens (including phenoxy) is 1. The van der Waals surface area contributed by atoms with Gasteiger partial charge in [-0.2, -0.15) is 0 Å². The summed E-state index contributed by atoms with van der Waals surface area (Å²) in [5.41, 5.74) is 1.23. The highest BCUT2D eigenvalue weighted by Crippen LogP contribution is 2.23. The van der Waals surface area contributed by atoms with Crippen molar-refractivity contribution >= 4 is 15.9 Å². The summed E-state index contributed by atoms with van der Waals surface area (Å²) in [4.78, 5) is 0. The molecule has 2 nitrogen and oxygen atoms in total. The molecule has 1 aliphatic rings. The van der Waals surface area contributed by atoms with Crippen LogP contribution in [-0.4, -0.2) is 19.2 Å². The molecule has 1 fully saturated rings. The lowest BCUT2D eigenvalue weighted by molar-refractivity contribution is 0.256. The first kappa shape index (κ1) is 14.9. The van der Waals surface area contributed by atoms with Crippen LogP contribution in [-0.2, 0) is 0 Å². The van der Waals surface area contributed by atoms with Gasteiger partial charge in [-0.1, -0.05) is 15.9 Å². The Kier molecular flexibility index (Phi) is 5.71. The van der Waals surface area contributed by atoms with Gasteiger partial charge >= 0.3 is 0 Å². The Hall–Kier alpha value is -0.540. The second-order valence-electron chi connectivity index (χ2n) is 5.65. The molecule has 2 atom stereocenters. The van der Waals surface area contributed by atoms with E-state index in [0.717, 1.165) is 29.2 Å². The Balaban J connectivity index is 1.67. The zero-order valence-corrected chi connectivity index (χ0v) is 13.5. The van der Waals surface area contributed by atoms with E-state index < -0.39 is 0 Å². The third kappa shape index (κ3) is 4.81. The molecule has 1 heterocycles. The van der Waals surface area contributed by atoms with Crippen molar-refractivity contribution in [1.82, 2.24) is 5.32 Å². The molecule has 1 aromatic carbocycles. The van der Waals surface area contributed by atoms with Crippen LogP contribution in [0.5, 0.6) is 5.75 Å². The van der Waals surface area contributed by atoms with Crippen molar-refractivity contribution in [3.8, 4) is 5.75 Å². The van der Waals surface area contributed by atoms with Crippen molar-refractivity contribution in [3.63, 3.8) is 0 Å². The predicted octanol–water partition coefficient (Wildman–Crippen LogP) is 4.30. The Morgan fingerprint density at radius 1 is 1.42 bits per heavy atom. The minimum Gasteiger partial charge on any atom is -0.494 e. The minimum absolute atomic E-state index is 0.689. The topological polar surface area (TPSA) is 21.3 Å².